The molecule has 10 heteroatoms. The molecule has 1 atom stereocenters. The number of hydrogen-bond donors (Lipinski definition) is 0. The van der Waals surface area contributed by atoms with Gasteiger partial charge in [-0.15, -0.1) is 11.8 Å². The largest absolute Gasteiger partial charge is 0.454 e. The third-order valence-corrected chi connectivity index (χ3v) is 8.99. The van der Waals surface area contributed by atoms with E-state index in [0.717, 1.165) is 33.6 Å². The summed E-state index contributed by atoms with van der Waals surface area (Å²) in [6.07, 6.45) is 0. The van der Waals surface area contributed by atoms with Crippen LogP contribution in [0, 0.1) is 6.92 Å². The van der Waals surface area contributed by atoms with E-state index in [-0.39, 0.29) is 36.2 Å². The van der Waals surface area contributed by atoms with E-state index in [0.29, 0.717) is 43.6 Å². The van der Waals surface area contributed by atoms with Crippen molar-refractivity contribution in [3.63, 3.8) is 0 Å². The number of aryl methyl sites for hydroxylation is 1. The van der Waals surface area contributed by atoms with Gasteiger partial charge in [0.2, 0.25) is 18.6 Å². The van der Waals surface area contributed by atoms with Crippen LogP contribution < -0.4 is 14.4 Å². The highest BCUT2D eigenvalue weighted by Crippen LogP contribution is 2.50. The molecule has 7 rings (SSSR count). The van der Waals surface area contributed by atoms with Crippen molar-refractivity contribution in [1.29, 1.82) is 0 Å². The Bertz CT molecular complexity index is 1650. The van der Waals surface area contributed by atoms with Gasteiger partial charge in [-0.05, 0) is 42.3 Å². The Kier molecular flexibility index (Phi) is 7.09. The highest BCUT2D eigenvalue weighted by molar-refractivity contribution is 8.00. The standard InChI is InChI=1S/C32H30N4O5S/c1-21-6-5-9-24(16-21)36-32-29(30(33-36)22-7-3-2-4-8-22)31(23-10-11-25-26(17-23)41-20-40-25)42-19-28(38)35(32)18-27(37)34-12-14-39-15-13-34/h2-11,16-17,31H,12-15,18-20H2,1H3/t31-/m1/s1. The number of benzene rings is 3. The summed E-state index contributed by atoms with van der Waals surface area (Å²) in [6, 6.07) is 24.0. The summed E-state index contributed by atoms with van der Waals surface area (Å²) in [5.74, 6) is 1.94. The molecule has 0 aliphatic carbocycles. The van der Waals surface area contributed by atoms with Gasteiger partial charge < -0.3 is 19.1 Å². The molecule has 3 aliphatic heterocycles. The van der Waals surface area contributed by atoms with E-state index < -0.39 is 0 Å². The lowest BCUT2D eigenvalue weighted by Gasteiger charge is -2.30. The zero-order chi connectivity index (χ0) is 28.6. The third kappa shape index (κ3) is 4.90. The fourth-order valence-electron chi connectivity index (χ4n) is 5.66. The van der Waals surface area contributed by atoms with Gasteiger partial charge in [-0.1, -0.05) is 48.5 Å². The summed E-state index contributed by atoms with van der Waals surface area (Å²) in [4.78, 5) is 31.0. The van der Waals surface area contributed by atoms with Crippen molar-refractivity contribution in [3.05, 3.63) is 89.5 Å². The highest BCUT2D eigenvalue weighted by atomic mass is 32.2. The summed E-state index contributed by atoms with van der Waals surface area (Å²) < 4.78 is 18.6. The molecule has 0 radical (unpaired) electrons. The Morgan fingerprint density at radius 1 is 0.976 bits per heavy atom. The average Bonchev–Trinajstić information content (AvgIpc) is 3.63. The van der Waals surface area contributed by atoms with E-state index >= 15 is 0 Å². The number of ether oxygens (including phenoxy) is 3. The van der Waals surface area contributed by atoms with Gasteiger partial charge >= 0.3 is 0 Å². The van der Waals surface area contributed by atoms with E-state index in [1.165, 1.54) is 11.8 Å². The molecule has 4 heterocycles. The number of amides is 2. The summed E-state index contributed by atoms with van der Waals surface area (Å²) in [6.45, 7) is 4.13. The van der Waals surface area contributed by atoms with Crippen molar-refractivity contribution in [2.75, 3.05) is 50.3 Å². The van der Waals surface area contributed by atoms with Gasteiger partial charge in [-0.3, -0.25) is 14.5 Å². The summed E-state index contributed by atoms with van der Waals surface area (Å²) >= 11 is 1.53. The lowest BCUT2D eigenvalue weighted by atomic mass is 9.99. The van der Waals surface area contributed by atoms with Crippen LogP contribution in [0.25, 0.3) is 16.9 Å². The van der Waals surface area contributed by atoms with Crippen molar-refractivity contribution in [1.82, 2.24) is 14.7 Å². The molecule has 1 fully saturated rings. The molecule has 1 saturated heterocycles. The molecule has 0 N–H and O–H groups in total. The second-order valence-electron chi connectivity index (χ2n) is 10.5. The Balaban J connectivity index is 1.45. The van der Waals surface area contributed by atoms with Crippen molar-refractivity contribution < 1.29 is 23.8 Å². The molecule has 1 aromatic heterocycles. The van der Waals surface area contributed by atoms with Crippen LogP contribution in [0.15, 0.2) is 72.8 Å². The summed E-state index contributed by atoms with van der Waals surface area (Å²) in [5.41, 5.74) is 5.44. The molecule has 4 aromatic rings. The number of rotatable bonds is 5. The predicted octanol–water partition coefficient (Wildman–Crippen LogP) is 4.60. The first-order valence-electron chi connectivity index (χ1n) is 14.0. The zero-order valence-electron chi connectivity index (χ0n) is 23.2. The predicted molar refractivity (Wildman–Crippen MR) is 160 cm³/mol. The first-order valence-corrected chi connectivity index (χ1v) is 15.0. The van der Waals surface area contributed by atoms with Crippen LogP contribution in [0.2, 0.25) is 0 Å². The minimum atomic E-state index is -0.254. The molecular formula is C32H30N4O5S. The lowest BCUT2D eigenvalue weighted by molar-refractivity contribution is -0.134. The fourth-order valence-corrected chi connectivity index (χ4v) is 6.84. The van der Waals surface area contributed by atoms with Crippen LogP contribution in [-0.2, 0) is 14.3 Å². The van der Waals surface area contributed by atoms with Crippen LogP contribution in [0.1, 0.15) is 21.9 Å². The molecule has 0 spiro atoms. The van der Waals surface area contributed by atoms with Crippen LogP contribution in [0.3, 0.4) is 0 Å². The van der Waals surface area contributed by atoms with Crippen LogP contribution >= 0.6 is 11.8 Å². The quantitative estimate of drug-likeness (QED) is 0.340. The van der Waals surface area contributed by atoms with Crippen molar-refractivity contribution in [2.24, 2.45) is 0 Å². The number of fused-ring (bicyclic) bond motifs is 2. The van der Waals surface area contributed by atoms with Gasteiger partial charge in [0.15, 0.2) is 11.5 Å². The van der Waals surface area contributed by atoms with E-state index in [2.05, 4.69) is 0 Å². The number of carbonyl (C=O) groups is 2. The topological polar surface area (TPSA) is 86.1 Å². The first-order chi connectivity index (χ1) is 20.6. The number of morpholine rings is 1. The molecule has 9 nitrogen and oxygen atoms in total. The van der Waals surface area contributed by atoms with E-state index in [1.807, 2.05) is 84.4 Å². The molecule has 42 heavy (non-hydrogen) atoms. The van der Waals surface area contributed by atoms with Crippen molar-refractivity contribution in [3.8, 4) is 28.4 Å². The maximum atomic E-state index is 14.0. The normalized spacial score (nSPS) is 18.1. The number of hydrogen-bond acceptors (Lipinski definition) is 7. The monoisotopic (exact) mass is 582 g/mol. The molecule has 0 unspecified atom stereocenters. The second kappa shape index (κ2) is 11.2. The molecule has 0 bridgehead atoms. The summed E-state index contributed by atoms with van der Waals surface area (Å²) in [7, 11) is 0. The molecule has 3 aromatic carbocycles. The zero-order valence-corrected chi connectivity index (χ0v) is 24.0. The smallest absolute Gasteiger partial charge is 0.242 e. The number of thioether (sulfide) groups is 1. The van der Waals surface area contributed by atoms with E-state index in [9.17, 15) is 9.59 Å². The van der Waals surface area contributed by atoms with Crippen molar-refractivity contribution in [2.45, 2.75) is 12.2 Å². The number of nitrogens with zero attached hydrogens (tertiary/aromatic N) is 4. The molecule has 0 saturated carbocycles. The molecule has 3 aliphatic rings. The molecular weight excluding hydrogens is 552 g/mol. The van der Waals surface area contributed by atoms with Gasteiger partial charge in [-0.25, -0.2) is 4.68 Å². The van der Waals surface area contributed by atoms with E-state index in [1.54, 1.807) is 9.80 Å². The van der Waals surface area contributed by atoms with Gasteiger partial charge in [0.05, 0.1) is 35.6 Å². The first kappa shape index (κ1) is 26.6. The maximum Gasteiger partial charge on any atom is 0.242 e. The molecule has 2 amide bonds. The lowest BCUT2D eigenvalue weighted by Crippen LogP contribution is -2.48. The van der Waals surface area contributed by atoms with Crippen molar-refractivity contribution >= 4 is 29.4 Å². The SMILES string of the molecule is Cc1cccc(-n2nc(-c3ccccc3)c3c2N(CC(=O)N2CCOCC2)C(=O)CS[C@@H]3c2ccc3c(c2)OCO3)c1. The highest BCUT2D eigenvalue weighted by Gasteiger charge is 2.38. The van der Waals surface area contributed by atoms with Crippen LogP contribution in [-0.4, -0.2) is 71.9 Å². The Morgan fingerprint density at radius 3 is 2.60 bits per heavy atom. The Labute approximate surface area is 248 Å². The van der Waals surface area contributed by atoms with E-state index in [4.69, 9.17) is 19.3 Å². The van der Waals surface area contributed by atoms with Crippen LogP contribution in [0.5, 0.6) is 11.5 Å². The van der Waals surface area contributed by atoms with Gasteiger partial charge in [0.25, 0.3) is 0 Å². The van der Waals surface area contributed by atoms with Crippen LogP contribution in [0.4, 0.5) is 5.82 Å². The number of anilines is 1. The second-order valence-corrected chi connectivity index (χ2v) is 11.6. The average molecular weight is 583 g/mol. The fraction of sp³-hybridized carbons (Fsp3) is 0.281. The molecule has 214 valence electrons. The Morgan fingerprint density at radius 2 is 1.79 bits per heavy atom. The minimum absolute atomic E-state index is 0.0774. The third-order valence-electron chi connectivity index (χ3n) is 7.74. The summed E-state index contributed by atoms with van der Waals surface area (Å²) in [5, 5.41) is 4.92. The Hall–Kier alpha value is -4.28. The van der Waals surface area contributed by atoms with Gasteiger partial charge in [0.1, 0.15) is 12.4 Å². The number of carbonyl (C=O) groups excluding carboxylic acids is 2. The maximum absolute atomic E-state index is 14.0. The minimum Gasteiger partial charge on any atom is -0.454 e. The number of aromatic nitrogens is 2. The van der Waals surface area contributed by atoms with Gasteiger partial charge in [-0.2, -0.15) is 5.10 Å². The van der Waals surface area contributed by atoms with Gasteiger partial charge in [0, 0.05) is 24.2 Å².